The van der Waals surface area contributed by atoms with Crippen LogP contribution in [0.25, 0.3) is 5.65 Å². The number of piperidine rings is 1. The molecule has 0 spiro atoms. The second-order valence-corrected chi connectivity index (χ2v) is 10.9. The highest BCUT2D eigenvalue weighted by Gasteiger charge is 2.34. The average Bonchev–Trinajstić information content (AvgIpc) is 3.33. The topological polar surface area (TPSA) is 115 Å². The van der Waals surface area contributed by atoms with Crippen LogP contribution < -0.4 is 15.0 Å². The van der Waals surface area contributed by atoms with Crippen molar-refractivity contribution in [2.75, 3.05) is 38.2 Å². The highest BCUT2D eigenvalue weighted by atomic mass is 16.5. The van der Waals surface area contributed by atoms with Crippen molar-refractivity contribution >= 4 is 17.4 Å². The van der Waals surface area contributed by atoms with Gasteiger partial charge in [-0.1, -0.05) is 11.6 Å². The first-order valence-electron chi connectivity index (χ1n) is 13.6. The maximum atomic E-state index is 14.0. The Morgan fingerprint density at radius 2 is 1.92 bits per heavy atom. The molecule has 6 rings (SSSR count). The zero-order valence-corrected chi connectivity index (χ0v) is 22.0. The van der Waals surface area contributed by atoms with Crippen molar-refractivity contribution in [3.05, 3.63) is 52.8 Å². The SMILES string of the molecule is Cc1ccc2c(c1)C(=O)N1CCCCC1c1cc3nc(C4CC(O)C4)cc(n3n1)N(C)CCNC(O)CO2. The Morgan fingerprint density at radius 3 is 2.74 bits per heavy atom. The van der Waals surface area contributed by atoms with Crippen LogP contribution in [0.4, 0.5) is 5.82 Å². The summed E-state index contributed by atoms with van der Waals surface area (Å²) in [5.41, 5.74) is 4.01. The number of carbonyl (C=O) groups excluding carboxylic acids is 1. The lowest BCUT2D eigenvalue weighted by atomic mass is 9.80. The molecule has 1 saturated heterocycles. The van der Waals surface area contributed by atoms with E-state index >= 15 is 0 Å². The summed E-state index contributed by atoms with van der Waals surface area (Å²) in [6.45, 7) is 3.78. The number of ether oxygens (including phenoxy) is 1. The van der Waals surface area contributed by atoms with Crippen molar-refractivity contribution in [3.63, 3.8) is 0 Å². The van der Waals surface area contributed by atoms with Gasteiger partial charge < -0.3 is 24.7 Å². The molecule has 3 N–H and O–H groups in total. The predicted octanol–water partition coefficient (Wildman–Crippen LogP) is 2.38. The number of aliphatic hydroxyl groups is 2. The molecular formula is C28H36N6O4. The Kier molecular flexibility index (Phi) is 6.71. The number of carbonyl (C=O) groups is 1. The fourth-order valence-corrected chi connectivity index (χ4v) is 5.78. The zero-order valence-electron chi connectivity index (χ0n) is 22.0. The number of likely N-dealkylation sites (N-methyl/N-ethyl adjacent to an activating group) is 1. The number of aryl methyl sites for hydroxylation is 1. The number of hydrogen-bond donors (Lipinski definition) is 3. The normalized spacial score (nSPS) is 26.6. The Balaban J connectivity index is 1.45. The molecule has 1 amide bonds. The van der Waals surface area contributed by atoms with Gasteiger partial charge in [-0.25, -0.2) is 4.98 Å². The molecule has 2 atom stereocenters. The van der Waals surface area contributed by atoms with Gasteiger partial charge in [-0.05, 0) is 51.2 Å². The lowest BCUT2D eigenvalue weighted by molar-refractivity contribution is 0.0584. The van der Waals surface area contributed by atoms with Gasteiger partial charge in [-0.15, -0.1) is 0 Å². The van der Waals surface area contributed by atoms with E-state index in [1.165, 1.54) is 0 Å². The van der Waals surface area contributed by atoms with Crippen LogP contribution >= 0.6 is 0 Å². The second kappa shape index (κ2) is 10.2. The molecule has 10 nitrogen and oxygen atoms in total. The Hall–Kier alpha value is -3.21. The number of nitrogens with one attached hydrogen (secondary N) is 1. The minimum atomic E-state index is -0.885. The molecule has 2 fully saturated rings. The number of aromatic nitrogens is 3. The van der Waals surface area contributed by atoms with Gasteiger partial charge in [0.25, 0.3) is 5.91 Å². The van der Waals surface area contributed by atoms with E-state index in [0.717, 1.165) is 47.7 Å². The Morgan fingerprint density at radius 1 is 1.08 bits per heavy atom. The lowest BCUT2D eigenvalue weighted by Crippen LogP contribution is -2.40. The van der Waals surface area contributed by atoms with Gasteiger partial charge in [-0.2, -0.15) is 9.61 Å². The third-order valence-electron chi connectivity index (χ3n) is 8.06. The fraction of sp³-hybridized carbons (Fsp3) is 0.536. The Labute approximate surface area is 222 Å². The van der Waals surface area contributed by atoms with Crippen molar-refractivity contribution < 1.29 is 19.7 Å². The van der Waals surface area contributed by atoms with E-state index in [0.29, 0.717) is 43.8 Å². The molecule has 3 aliphatic rings. The third kappa shape index (κ3) is 4.72. The van der Waals surface area contributed by atoms with Crippen LogP contribution in [0.5, 0.6) is 5.75 Å². The smallest absolute Gasteiger partial charge is 0.258 e. The maximum absolute atomic E-state index is 14.0. The zero-order chi connectivity index (χ0) is 26.4. The van der Waals surface area contributed by atoms with Gasteiger partial charge in [0.2, 0.25) is 0 Å². The summed E-state index contributed by atoms with van der Waals surface area (Å²) in [7, 11) is 2.00. The minimum absolute atomic E-state index is 0.0323. The summed E-state index contributed by atoms with van der Waals surface area (Å²) in [6.07, 6.45) is 3.05. The summed E-state index contributed by atoms with van der Waals surface area (Å²) >= 11 is 0. The maximum Gasteiger partial charge on any atom is 0.258 e. The molecule has 1 aromatic carbocycles. The number of anilines is 1. The highest BCUT2D eigenvalue weighted by molar-refractivity contribution is 5.97. The van der Waals surface area contributed by atoms with Gasteiger partial charge in [0.05, 0.1) is 23.4 Å². The van der Waals surface area contributed by atoms with Crippen molar-refractivity contribution in [1.29, 1.82) is 0 Å². The fourth-order valence-electron chi connectivity index (χ4n) is 5.78. The first-order chi connectivity index (χ1) is 18.4. The van der Waals surface area contributed by atoms with E-state index in [4.69, 9.17) is 14.8 Å². The molecule has 3 aromatic rings. The van der Waals surface area contributed by atoms with Crippen LogP contribution in [0.3, 0.4) is 0 Å². The number of rotatable bonds is 1. The van der Waals surface area contributed by atoms with Gasteiger partial charge in [0.1, 0.15) is 24.4 Å². The molecule has 2 unspecified atom stereocenters. The number of hydrogen-bond acceptors (Lipinski definition) is 8. The van der Waals surface area contributed by atoms with E-state index in [9.17, 15) is 15.0 Å². The van der Waals surface area contributed by atoms with Crippen LogP contribution in [0.1, 0.15) is 71.4 Å². The Bertz CT molecular complexity index is 1340. The molecule has 2 aromatic heterocycles. The minimum Gasteiger partial charge on any atom is -0.489 e. The number of amides is 1. The summed E-state index contributed by atoms with van der Waals surface area (Å²) in [5, 5.41) is 28.6. The predicted molar refractivity (Wildman–Crippen MR) is 143 cm³/mol. The summed E-state index contributed by atoms with van der Waals surface area (Å²) in [6, 6.07) is 9.50. The van der Waals surface area contributed by atoms with E-state index in [-0.39, 0.29) is 30.6 Å². The number of nitrogens with zero attached hydrogens (tertiary/aromatic N) is 5. The van der Waals surface area contributed by atoms with Gasteiger partial charge in [0.15, 0.2) is 5.65 Å². The molecule has 0 radical (unpaired) electrons. The first kappa shape index (κ1) is 25.1. The van der Waals surface area contributed by atoms with E-state index in [1.807, 2.05) is 47.7 Å². The van der Waals surface area contributed by atoms with E-state index in [1.54, 1.807) is 0 Å². The lowest BCUT2D eigenvalue weighted by Gasteiger charge is -2.35. The molecule has 10 heteroatoms. The monoisotopic (exact) mass is 520 g/mol. The molecule has 2 bridgehead atoms. The van der Waals surface area contributed by atoms with Crippen LogP contribution in [0.15, 0.2) is 30.3 Å². The second-order valence-electron chi connectivity index (χ2n) is 10.9. The average molecular weight is 521 g/mol. The molecule has 2 aliphatic heterocycles. The van der Waals surface area contributed by atoms with Gasteiger partial charge in [0, 0.05) is 50.4 Å². The quantitative estimate of drug-likeness (QED) is 0.448. The third-order valence-corrected chi connectivity index (χ3v) is 8.06. The summed E-state index contributed by atoms with van der Waals surface area (Å²) in [5.74, 6) is 1.50. The number of fused-ring (bicyclic) bond motifs is 4. The van der Waals surface area contributed by atoms with Gasteiger partial charge in [-0.3, -0.25) is 10.1 Å². The highest BCUT2D eigenvalue weighted by Crippen LogP contribution is 2.38. The summed E-state index contributed by atoms with van der Waals surface area (Å²) in [4.78, 5) is 22.9. The van der Waals surface area contributed by atoms with Crippen molar-refractivity contribution in [1.82, 2.24) is 24.8 Å². The number of benzene rings is 1. The molecule has 1 saturated carbocycles. The first-order valence-corrected chi connectivity index (χ1v) is 13.6. The molecule has 4 heterocycles. The van der Waals surface area contributed by atoms with Crippen LogP contribution in [0.2, 0.25) is 0 Å². The molecule has 202 valence electrons. The molecule has 38 heavy (non-hydrogen) atoms. The van der Waals surface area contributed by atoms with Crippen LogP contribution in [0, 0.1) is 6.92 Å². The molecule has 1 aliphatic carbocycles. The summed E-state index contributed by atoms with van der Waals surface area (Å²) < 4.78 is 7.83. The van der Waals surface area contributed by atoms with Crippen molar-refractivity contribution in [2.45, 2.75) is 63.3 Å². The largest absolute Gasteiger partial charge is 0.489 e. The van der Waals surface area contributed by atoms with Crippen LogP contribution in [-0.2, 0) is 0 Å². The number of aliphatic hydroxyl groups excluding tert-OH is 2. The van der Waals surface area contributed by atoms with Crippen LogP contribution in [-0.4, -0.2) is 81.2 Å². The van der Waals surface area contributed by atoms with Gasteiger partial charge >= 0.3 is 0 Å². The molecular weight excluding hydrogens is 484 g/mol. The van der Waals surface area contributed by atoms with Crippen molar-refractivity contribution in [2.24, 2.45) is 0 Å². The standard InChI is InChI=1S/C28H36N6O4/c1-17-6-7-24-20(11-17)28(37)33-9-4-3-5-23(33)22-14-25-30-21(18-12-19(35)13-18)15-27(34(25)31-22)32(2)10-8-29-26(36)16-38-24/h6-7,11,14-15,18-19,23,26,29,35-36H,3-5,8-10,12-13,16H2,1-2H3. The van der Waals surface area contributed by atoms with E-state index < -0.39 is 6.23 Å². The van der Waals surface area contributed by atoms with Crippen molar-refractivity contribution in [3.8, 4) is 5.75 Å². The van der Waals surface area contributed by atoms with E-state index in [2.05, 4.69) is 16.3 Å².